The summed E-state index contributed by atoms with van der Waals surface area (Å²) in [6.45, 7) is 2.20. The topological polar surface area (TPSA) is 106 Å². The zero-order valence-corrected chi connectivity index (χ0v) is 19.0. The lowest BCUT2D eigenvalue weighted by atomic mass is 10.1. The Bertz CT molecular complexity index is 1410. The van der Waals surface area contributed by atoms with Crippen LogP contribution in [0.1, 0.15) is 11.1 Å². The number of nitrogens with one attached hydrogen (secondary N) is 2. The van der Waals surface area contributed by atoms with Crippen molar-refractivity contribution in [3.05, 3.63) is 84.5 Å². The molecule has 0 aliphatic rings. The molecule has 2 aromatic carbocycles. The van der Waals surface area contributed by atoms with Gasteiger partial charge in [-0.1, -0.05) is 18.2 Å². The number of sulfonamides is 1. The van der Waals surface area contributed by atoms with Gasteiger partial charge in [-0.2, -0.15) is 0 Å². The number of anilines is 2. The van der Waals surface area contributed by atoms with Crippen LogP contribution in [-0.4, -0.2) is 36.2 Å². The minimum atomic E-state index is -3.22. The largest absolute Gasteiger partial charge is 0.455 e. The minimum absolute atomic E-state index is 0.222. The van der Waals surface area contributed by atoms with Crippen molar-refractivity contribution in [2.45, 2.75) is 6.92 Å². The third kappa shape index (κ3) is 6.12. The molecular weight excluding hydrogens is 438 g/mol. The Morgan fingerprint density at radius 2 is 1.97 bits per heavy atom. The highest BCUT2D eigenvalue weighted by Crippen LogP contribution is 2.29. The van der Waals surface area contributed by atoms with Crippen molar-refractivity contribution < 1.29 is 13.2 Å². The molecule has 2 N–H and O–H groups in total. The standard InChI is InChI=1S/C24H23N5O3S/c1-17-13-19(8-10-23(17)32-20-6-4-11-25-15-20)29-24-21-14-18(5-3-12-28-33(2,30)31)7-9-22(21)26-16-27-24/h3-11,13-16,28H,12H2,1-2H3,(H,26,27,29)/b5-3+. The Balaban J connectivity index is 1.54. The van der Waals surface area contributed by atoms with E-state index in [-0.39, 0.29) is 6.54 Å². The average Bonchev–Trinajstić information content (AvgIpc) is 2.79. The SMILES string of the molecule is Cc1cc(Nc2ncnc3ccc(/C=C/CNS(C)(=O)=O)cc23)ccc1Oc1cccnc1. The van der Waals surface area contributed by atoms with Crippen LogP contribution in [-0.2, 0) is 10.0 Å². The molecule has 2 heterocycles. The van der Waals surface area contributed by atoms with E-state index in [4.69, 9.17) is 4.74 Å². The van der Waals surface area contributed by atoms with Crippen LogP contribution in [0.15, 0.2) is 73.3 Å². The fourth-order valence-electron chi connectivity index (χ4n) is 3.18. The van der Waals surface area contributed by atoms with E-state index < -0.39 is 10.0 Å². The fourth-order valence-corrected chi connectivity index (χ4v) is 3.58. The van der Waals surface area contributed by atoms with Gasteiger partial charge >= 0.3 is 0 Å². The molecule has 0 unspecified atom stereocenters. The van der Waals surface area contributed by atoms with E-state index in [0.717, 1.165) is 39.7 Å². The number of hydrogen-bond donors (Lipinski definition) is 2. The predicted octanol–water partition coefficient (Wildman–Crippen LogP) is 4.43. The van der Waals surface area contributed by atoms with Crippen molar-refractivity contribution in [1.29, 1.82) is 0 Å². The zero-order chi connectivity index (χ0) is 23.3. The maximum absolute atomic E-state index is 11.2. The van der Waals surface area contributed by atoms with Crippen LogP contribution in [0.4, 0.5) is 11.5 Å². The molecule has 0 bridgehead atoms. The molecule has 0 aliphatic heterocycles. The molecule has 0 atom stereocenters. The lowest BCUT2D eigenvalue weighted by Gasteiger charge is -2.12. The van der Waals surface area contributed by atoms with Crippen molar-refractivity contribution in [3.63, 3.8) is 0 Å². The molecule has 0 saturated heterocycles. The van der Waals surface area contributed by atoms with Gasteiger partial charge in [0.1, 0.15) is 23.6 Å². The van der Waals surface area contributed by atoms with Gasteiger partial charge in [-0.15, -0.1) is 0 Å². The second kappa shape index (κ2) is 9.76. The first-order valence-electron chi connectivity index (χ1n) is 10.2. The van der Waals surface area contributed by atoms with E-state index >= 15 is 0 Å². The monoisotopic (exact) mass is 461 g/mol. The molecule has 9 heteroatoms. The number of rotatable bonds is 8. The average molecular weight is 462 g/mol. The van der Waals surface area contributed by atoms with E-state index in [1.54, 1.807) is 18.5 Å². The van der Waals surface area contributed by atoms with Crippen molar-refractivity contribution >= 4 is 38.5 Å². The summed E-state index contributed by atoms with van der Waals surface area (Å²) in [7, 11) is -3.22. The minimum Gasteiger partial charge on any atom is -0.455 e. The first kappa shape index (κ1) is 22.4. The molecule has 4 rings (SSSR count). The smallest absolute Gasteiger partial charge is 0.208 e. The molecule has 8 nitrogen and oxygen atoms in total. The second-order valence-corrected chi connectivity index (χ2v) is 9.25. The number of pyridine rings is 1. The summed E-state index contributed by atoms with van der Waals surface area (Å²) in [6, 6.07) is 15.3. The van der Waals surface area contributed by atoms with Gasteiger partial charge < -0.3 is 10.1 Å². The molecule has 0 spiro atoms. The molecule has 0 saturated carbocycles. The maximum atomic E-state index is 11.2. The van der Waals surface area contributed by atoms with Gasteiger partial charge in [0.15, 0.2) is 0 Å². The number of benzene rings is 2. The zero-order valence-electron chi connectivity index (χ0n) is 18.2. The van der Waals surface area contributed by atoms with Crippen LogP contribution in [0.25, 0.3) is 17.0 Å². The van der Waals surface area contributed by atoms with Crippen LogP contribution in [0.5, 0.6) is 11.5 Å². The molecule has 0 fully saturated rings. The third-order valence-electron chi connectivity index (χ3n) is 4.73. The van der Waals surface area contributed by atoms with Gasteiger partial charge in [-0.05, 0) is 60.5 Å². The predicted molar refractivity (Wildman–Crippen MR) is 130 cm³/mol. The Morgan fingerprint density at radius 1 is 1.09 bits per heavy atom. The van der Waals surface area contributed by atoms with Gasteiger partial charge in [-0.3, -0.25) is 4.98 Å². The van der Waals surface area contributed by atoms with Gasteiger partial charge in [0.25, 0.3) is 0 Å². The van der Waals surface area contributed by atoms with Crippen LogP contribution < -0.4 is 14.8 Å². The van der Waals surface area contributed by atoms with Crippen LogP contribution in [0, 0.1) is 6.92 Å². The Hall–Kier alpha value is -3.82. The highest BCUT2D eigenvalue weighted by Gasteiger charge is 2.08. The van der Waals surface area contributed by atoms with Crippen molar-refractivity contribution in [3.8, 4) is 11.5 Å². The summed E-state index contributed by atoms with van der Waals surface area (Å²) in [5.74, 6) is 2.09. The van der Waals surface area contributed by atoms with Crippen LogP contribution in [0.2, 0.25) is 0 Å². The fraction of sp³-hybridized carbons (Fsp3) is 0.125. The van der Waals surface area contributed by atoms with E-state index in [1.165, 1.54) is 6.33 Å². The summed E-state index contributed by atoms with van der Waals surface area (Å²) in [4.78, 5) is 12.8. The van der Waals surface area contributed by atoms with Crippen LogP contribution in [0.3, 0.4) is 0 Å². The van der Waals surface area contributed by atoms with Crippen molar-refractivity contribution in [2.24, 2.45) is 0 Å². The van der Waals surface area contributed by atoms with E-state index in [0.29, 0.717) is 11.6 Å². The molecule has 4 aromatic rings. The summed E-state index contributed by atoms with van der Waals surface area (Å²) in [5.41, 5.74) is 3.53. The van der Waals surface area contributed by atoms with E-state index in [1.807, 2.05) is 61.5 Å². The highest BCUT2D eigenvalue weighted by molar-refractivity contribution is 7.88. The summed E-state index contributed by atoms with van der Waals surface area (Å²) in [6.07, 6.45) is 9.62. The number of aromatic nitrogens is 3. The van der Waals surface area contributed by atoms with Gasteiger partial charge in [0.05, 0.1) is 18.0 Å². The van der Waals surface area contributed by atoms with Crippen LogP contribution >= 0.6 is 0 Å². The second-order valence-electron chi connectivity index (χ2n) is 7.42. The number of aryl methyl sites for hydroxylation is 1. The van der Waals surface area contributed by atoms with Gasteiger partial charge in [0, 0.05) is 23.8 Å². The van der Waals surface area contributed by atoms with Gasteiger partial charge in [-0.25, -0.2) is 23.1 Å². The molecule has 0 radical (unpaired) electrons. The molecule has 0 aliphatic carbocycles. The molecule has 168 valence electrons. The molecule has 0 amide bonds. The van der Waals surface area contributed by atoms with Crippen molar-refractivity contribution in [1.82, 2.24) is 19.7 Å². The first-order chi connectivity index (χ1) is 15.9. The number of nitrogens with zero attached hydrogens (tertiary/aromatic N) is 3. The number of ether oxygens (including phenoxy) is 1. The number of fused-ring (bicyclic) bond motifs is 1. The molecule has 33 heavy (non-hydrogen) atoms. The Labute approximate surface area is 192 Å². The summed E-state index contributed by atoms with van der Waals surface area (Å²) < 4.78 is 30.7. The number of hydrogen-bond acceptors (Lipinski definition) is 7. The van der Waals surface area contributed by atoms with E-state index in [9.17, 15) is 8.42 Å². The Morgan fingerprint density at radius 3 is 2.73 bits per heavy atom. The maximum Gasteiger partial charge on any atom is 0.208 e. The molecular formula is C24H23N5O3S. The highest BCUT2D eigenvalue weighted by atomic mass is 32.2. The quantitative estimate of drug-likeness (QED) is 0.400. The lowest BCUT2D eigenvalue weighted by Crippen LogP contribution is -2.21. The summed E-state index contributed by atoms with van der Waals surface area (Å²) >= 11 is 0. The summed E-state index contributed by atoms with van der Waals surface area (Å²) in [5, 5.41) is 4.21. The normalized spacial score (nSPS) is 11.7. The van der Waals surface area contributed by atoms with Crippen molar-refractivity contribution in [2.75, 3.05) is 18.1 Å². The first-order valence-corrected chi connectivity index (χ1v) is 12.1. The third-order valence-corrected chi connectivity index (χ3v) is 5.42. The van der Waals surface area contributed by atoms with Gasteiger partial charge in [0.2, 0.25) is 10.0 Å². The van der Waals surface area contributed by atoms with E-state index in [2.05, 4.69) is 25.0 Å². The Kier molecular flexibility index (Phi) is 6.62. The lowest BCUT2D eigenvalue weighted by molar-refractivity contribution is 0.476. The molecule has 2 aromatic heterocycles.